The van der Waals surface area contributed by atoms with Crippen molar-refractivity contribution in [3.63, 3.8) is 0 Å². The van der Waals surface area contributed by atoms with Gasteiger partial charge >= 0.3 is 5.97 Å². The molecule has 0 radical (unpaired) electrons. The third-order valence-electron chi connectivity index (χ3n) is 3.49. The number of carbonyl (C=O) groups excluding carboxylic acids is 2. The molecule has 0 bridgehead atoms. The van der Waals surface area contributed by atoms with Crippen LogP contribution in [0.4, 0.5) is 0 Å². The number of benzene rings is 1. The smallest absolute Gasteiger partial charge is 0.340 e. The van der Waals surface area contributed by atoms with Gasteiger partial charge in [0.2, 0.25) is 0 Å². The van der Waals surface area contributed by atoms with Gasteiger partial charge in [-0.2, -0.15) is 0 Å². The van der Waals surface area contributed by atoms with E-state index in [-0.39, 0.29) is 30.3 Å². The first-order chi connectivity index (χ1) is 10.9. The van der Waals surface area contributed by atoms with Crippen LogP contribution in [0.1, 0.15) is 24.2 Å². The Morgan fingerprint density at radius 2 is 2.00 bits per heavy atom. The molecule has 2 rings (SSSR count). The summed E-state index contributed by atoms with van der Waals surface area (Å²) in [5.41, 5.74) is 0.273. The summed E-state index contributed by atoms with van der Waals surface area (Å²) in [6.45, 7) is 4.54. The Hall–Kier alpha value is -1.24. The van der Waals surface area contributed by atoms with Gasteiger partial charge in [0, 0.05) is 18.0 Å². The molecule has 0 aliphatic carbocycles. The molecule has 1 aromatic carbocycles. The van der Waals surface area contributed by atoms with Crippen LogP contribution in [0.25, 0.3) is 0 Å². The number of hydrogen-bond donors (Lipinski definition) is 0. The minimum absolute atomic E-state index is 0.0221. The van der Waals surface area contributed by atoms with Crippen LogP contribution in [0.2, 0.25) is 5.02 Å². The molecule has 1 aromatic rings. The zero-order valence-corrected chi connectivity index (χ0v) is 14.9. The van der Waals surface area contributed by atoms with Crippen molar-refractivity contribution in [2.24, 2.45) is 0 Å². The molecule has 5 nitrogen and oxygen atoms in total. The van der Waals surface area contributed by atoms with E-state index >= 15 is 0 Å². The number of carbonyl (C=O) groups is 2. The Labute approximate surface area is 145 Å². The lowest BCUT2D eigenvalue weighted by Crippen LogP contribution is -2.49. The third-order valence-corrected chi connectivity index (χ3v) is 4.55. The van der Waals surface area contributed by atoms with Gasteiger partial charge < -0.3 is 14.4 Å². The summed E-state index contributed by atoms with van der Waals surface area (Å²) in [4.78, 5) is 26.9. The second-order valence-corrected chi connectivity index (χ2v) is 6.76. The van der Waals surface area contributed by atoms with E-state index in [9.17, 15) is 9.59 Å². The lowest BCUT2D eigenvalue weighted by molar-refractivity contribution is -0.146. The summed E-state index contributed by atoms with van der Waals surface area (Å²) in [5, 5.41) is 0.314. The molecular formula is C16H20ClNO4S. The Balaban J connectivity index is 1.95. The van der Waals surface area contributed by atoms with Gasteiger partial charge in [-0.3, -0.25) is 4.79 Å². The number of halogens is 1. The predicted molar refractivity (Wildman–Crippen MR) is 90.1 cm³/mol. The van der Waals surface area contributed by atoms with Gasteiger partial charge in [-0.25, -0.2) is 4.79 Å². The van der Waals surface area contributed by atoms with Gasteiger partial charge in [-0.15, -0.1) is 11.8 Å². The molecule has 1 aliphatic rings. The lowest BCUT2D eigenvalue weighted by atomic mass is 10.2. The summed E-state index contributed by atoms with van der Waals surface area (Å²) < 4.78 is 10.7. The van der Waals surface area contributed by atoms with E-state index in [0.29, 0.717) is 18.1 Å². The van der Waals surface area contributed by atoms with Crippen LogP contribution in [0.3, 0.4) is 0 Å². The molecule has 7 heteroatoms. The van der Waals surface area contributed by atoms with Gasteiger partial charge in [0.15, 0.2) is 6.61 Å². The van der Waals surface area contributed by atoms with Crippen molar-refractivity contribution in [3.05, 3.63) is 28.8 Å². The van der Waals surface area contributed by atoms with Crippen molar-refractivity contribution in [1.29, 1.82) is 0 Å². The second-order valence-electron chi connectivity index (χ2n) is 5.48. The monoisotopic (exact) mass is 357 g/mol. The number of esters is 1. The van der Waals surface area contributed by atoms with Crippen LogP contribution in [0, 0.1) is 0 Å². The zero-order chi connectivity index (χ0) is 17.0. The van der Waals surface area contributed by atoms with Crippen molar-refractivity contribution in [2.45, 2.75) is 31.0 Å². The van der Waals surface area contributed by atoms with E-state index in [1.807, 2.05) is 26.2 Å². The highest BCUT2D eigenvalue weighted by Crippen LogP contribution is 2.23. The molecule has 0 N–H and O–H groups in total. The number of amides is 1. The molecule has 1 fully saturated rings. The fourth-order valence-corrected chi connectivity index (χ4v) is 3.10. The van der Waals surface area contributed by atoms with Crippen LogP contribution in [0.5, 0.6) is 0 Å². The van der Waals surface area contributed by atoms with Crippen molar-refractivity contribution in [2.75, 3.05) is 26.0 Å². The molecule has 1 amide bonds. The predicted octanol–water partition coefficient (Wildman–Crippen LogP) is 2.85. The summed E-state index contributed by atoms with van der Waals surface area (Å²) in [7, 11) is 0. The maximum atomic E-state index is 12.2. The van der Waals surface area contributed by atoms with E-state index in [4.69, 9.17) is 21.1 Å². The molecule has 2 atom stereocenters. The van der Waals surface area contributed by atoms with Crippen LogP contribution in [-0.2, 0) is 14.3 Å². The maximum absolute atomic E-state index is 12.2. The van der Waals surface area contributed by atoms with E-state index in [2.05, 4.69) is 0 Å². The molecule has 1 heterocycles. The van der Waals surface area contributed by atoms with Gasteiger partial charge in [-0.05, 0) is 38.3 Å². The summed E-state index contributed by atoms with van der Waals surface area (Å²) in [5.74, 6) is -0.814. The van der Waals surface area contributed by atoms with Crippen LogP contribution in [-0.4, -0.2) is 54.9 Å². The maximum Gasteiger partial charge on any atom is 0.340 e. The number of rotatable bonds is 4. The minimum Gasteiger partial charge on any atom is -0.452 e. The molecule has 126 valence electrons. The standard InChI is InChI=1S/C16H20ClNO4S/c1-10-7-18(8-11(2)22-10)15(19)9-21-16(20)13-6-12(23-3)4-5-14(13)17/h4-6,10-11H,7-9H2,1-3H3/t10-,11-/m0/s1. The number of morpholine rings is 1. The molecule has 23 heavy (non-hydrogen) atoms. The highest BCUT2D eigenvalue weighted by Gasteiger charge is 2.26. The van der Waals surface area contributed by atoms with Crippen molar-refractivity contribution in [1.82, 2.24) is 4.90 Å². The molecule has 1 saturated heterocycles. The fourth-order valence-electron chi connectivity index (χ4n) is 2.47. The Bertz CT molecular complexity index is 585. The molecule has 0 unspecified atom stereocenters. The van der Waals surface area contributed by atoms with Gasteiger partial charge in [0.25, 0.3) is 5.91 Å². The normalized spacial score (nSPS) is 21.1. The van der Waals surface area contributed by atoms with Crippen LogP contribution in [0.15, 0.2) is 23.1 Å². The third kappa shape index (κ3) is 4.86. The van der Waals surface area contributed by atoms with E-state index in [1.54, 1.807) is 17.0 Å². The van der Waals surface area contributed by atoms with Gasteiger partial charge in [0.1, 0.15) is 0 Å². The van der Waals surface area contributed by atoms with E-state index < -0.39 is 5.97 Å². The summed E-state index contributed by atoms with van der Waals surface area (Å²) in [6, 6.07) is 5.14. The first-order valence-corrected chi connectivity index (χ1v) is 8.95. The number of ether oxygens (including phenoxy) is 2. The first kappa shape index (κ1) is 18.1. The average Bonchev–Trinajstić information content (AvgIpc) is 2.51. The summed E-state index contributed by atoms with van der Waals surface area (Å²) in [6.07, 6.45) is 1.86. The van der Waals surface area contributed by atoms with Crippen molar-refractivity contribution in [3.8, 4) is 0 Å². The largest absolute Gasteiger partial charge is 0.452 e. The average molecular weight is 358 g/mol. The molecular weight excluding hydrogens is 338 g/mol. The van der Waals surface area contributed by atoms with E-state index in [0.717, 1.165) is 4.90 Å². The van der Waals surface area contributed by atoms with Crippen molar-refractivity contribution < 1.29 is 19.1 Å². The van der Waals surface area contributed by atoms with E-state index in [1.165, 1.54) is 11.8 Å². The Morgan fingerprint density at radius 3 is 2.61 bits per heavy atom. The zero-order valence-electron chi connectivity index (χ0n) is 13.4. The Kier molecular flexibility index (Phi) is 6.33. The highest BCUT2D eigenvalue weighted by molar-refractivity contribution is 7.98. The first-order valence-electron chi connectivity index (χ1n) is 7.34. The molecule has 0 saturated carbocycles. The minimum atomic E-state index is -0.589. The second kappa shape index (κ2) is 8.04. The fraction of sp³-hybridized carbons (Fsp3) is 0.500. The number of thioether (sulfide) groups is 1. The van der Waals surface area contributed by atoms with Crippen LogP contribution >= 0.6 is 23.4 Å². The Morgan fingerprint density at radius 1 is 1.35 bits per heavy atom. The van der Waals surface area contributed by atoms with Gasteiger partial charge in [-0.1, -0.05) is 11.6 Å². The van der Waals surface area contributed by atoms with Crippen LogP contribution < -0.4 is 0 Å². The lowest BCUT2D eigenvalue weighted by Gasteiger charge is -2.35. The quantitative estimate of drug-likeness (QED) is 0.612. The molecule has 0 spiro atoms. The number of hydrogen-bond acceptors (Lipinski definition) is 5. The molecule has 0 aromatic heterocycles. The topological polar surface area (TPSA) is 55.8 Å². The molecule has 1 aliphatic heterocycles. The van der Waals surface area contributed by atoms with Gasteiger partial charge in [0.05, 0.1) is 22.8 Å². The summed E-state index contributed by atoms with van der Waals surface area (Å²) >= 11 is 7.53. The SMILES string of the molecule is CSc1ccc(Cl)c(C(=O)OCC(=O)N2C[C@H](C)O[C@@H](C)C2)c1. The van der Waals surface area contributed by atoms with Crippen molar-refractivity contribution >= 4 is 35.2 Å². The number of nitrogens with zero attached hydrogens (tertiary/aromatic N) is 1. The highest BCUT2D eigenvalue weighted by atomic mass is 35.5.